The van der Waals surface area contributed by atoms with Gasteiger partial charge in [-0.2, -0.15) is 8.42 Å². The van der Waals surface area contributed by atoms with E-state index in [9.17, 15) is 8.42 Å². The van der Waals surface area contributed by atoms with Crippen LogP contribution in [0.4, 0.5) is 5.69 Å². The van der Waals surface area contributed by atoms with Crippen LogP contribution in [-0.2, 0) is 16.5 Å². The minimum Gasteiger partial charge on any atom is -0.382 e. The van der Waals surface area contributed by atoms with Crippen molar-refractivity contribution in [1.82, 2.24) is 0 Å². The summed E-state index contributed by atoms with van der Waals surface area (Å²) in [7, 11) is -4.07. The van der Waals surface area contributed by atoms with Crippen molar-refractivity contribution >= 4 is 15.8 Å². The molecule has 0 bridgehead atoms. The van der Waals surface area contributed by atoms with Crippen molar-refractivity contribution in [2.45, 2.75) is 24.3 Å². The number of hydrogen-bond donors (Lipinski definition) is 2. The molecule has 76 valence electrons. The zero-order valence-electron chi connectivity index (χ0n) is 7.69. The van der Waals surface area contributed by atoms with Crippen molar-refractivity contribution < 1.29 is 13.0 Å². The van der Waals surface area contributed by atoms with Gasteiger partial charge in [0.2, 0.25) is 0 Å². The van der Waals surface area contributed by atoms with E-state index in [0.29, 0.717) is 6.04 Å². The highest BCUT2D eigenvalue weighted by Crippen LogP contribution is 2.27. The Hall–Kier alpha value is -1.07. The largest absolute Gasteiger partial charge is 0.382 e. The van der Waals surface area contributed by atoms with Crippen LogP contribution in [0.25, 0.3) is 0 Å². The van der Waals surface area contributed by atoms with Crippen LogP contribution >= 0.6 is 0 Å². The van der Waals surface area contributed by atoms with Crippen LogP contribution in [0, 0.1) is 0 Å². The van der Waals surface area contributed by atoms with Gasteiger partial charge in [0.15, 0.2) is 0 Å². The maximum absolute atomic E-state index is 10.8. The molecule has 1 aromatic rings. The molecular formula is C9H11NO3S. The molecular weight excluding hydrogens is 202 g/mol. The molecule has 0 amide bonds. The smallest absolute Gasteiger partial charge is 0.294 e. The van der Waals surface area contributed by atoms with Crippen molar-refractivity contribution in [1.29, 1.82) is 0 Å². The van der Waals surface area contributed by atoms with E-state index in [1.165, 1.54) is 12.1 Å². The van der Waals surface area contributed by atoms with E-state index in [0.717, 1.165) is 17.7 Å². The molecule has 2 N–H and O–H groups in total. The average molecular weight is 213 g/mol. The maximum Gasteiger partial charge on any atom is 0.294 e. The summed E-state index contributed by atoms with van der Waals surface area (Å²) in [5, 5.41) is 3.20. The lowest BCUT2D eigenvalue weighted by atomic mass is 10.1. The monoisotopic (exact) mass is 213 g/mol. The van der Waals surface area contributed by atoms with Crippen molar-refractivity contribution in [2.24, 2.45) is 0 Å². The molecule has 1 aliphatic heterocycles. The molecule has 14 heavy (non-hydrogen) atoms. The second kappa shape index (κ2) is 2.96. The molecule has 1 aromatic carbocycles. The maximum atomic E-state index is 10.8. The first-order valence-electron chi connectivity index (χ1n) is 4.34. The van der Waals surface area contributed by atoms with E-state index < -0.39 is 10.1 Å². The van der Waals surface area contributed by atoms with E-state index >= 15 is 0 Å². The molecule has 5 heteroatoms. The Labute approximate surface area is 82.7 Å². The normalized spacial score (nSPS) is 20.3. The summed E-state index contributed by atoms with van der Waals surface area (Å²) in [6, 6.07) is 4.92. The lowest BCUT2D eigenvalue weighted by Gasteiger charge is -2.02. The Balaban J connectivity index is 2.48. The van der Waals surface area contributed by atoms with Crippen LogP contribution in [0.5, 0.6) is 0 Å². The Morgan fingerprint density at radius 1 is 1.50 bits per heavy atom. The zero-order chi connectivity index (χ0) is 10.3. The van der Waals surface area contributed by atoms with E-state index in [2.05, 4.69) is 5.32 Å². The van der Waals surface area contributed by atoms with Gasteiger partial charge in [0.1, 0.15) is 0 Å². The molecule has 1 heterocycles. The van der Waals surface area contributed by atoms with Gasteiger partial charge in [-0.15, -0.1) is 0 Å². The first-order chi connectivity index (χ1) is 6.47. The van der Waals surface area contributed by atoms with Crippen LogP contribution in [0.2, 0.25) is 0 Å². The predicted octanol–water partition coefficient (Wildman–Crippen LogP) is 1.29. The fraction of sp³-hybridized carbons (Fsp3) is 0.333. The molecule has 2 rings (SSSR count). The minimum absolute atomic E-state index is 0.0350. The molecule has 0 aliphatic carbocycles. The van der Waals surface area contributed by atoms with Crippen molar-refractivity contribution in [3.05, 3.63) is 23.8 Å². The van der Waals surface area contributed by atoms with Gasteiger partial charge in [-0.3, -0.25) is 4.55 Å². The van der Waals surface area contributed by atoms with Gasteiger partial charge in [-0.25, -0.2) is 0 Å². The van der Waals surface area contributed by atoms with Crippen molar-refractivity contribution in [2.75, 3.05) is 5.32 Å². The van der Waals surface area contributed by atoms with Gasteiger partial charge in [-0.1, -0.05) is 0 Å². The summed E-state index contributed by atoms with van der Waals surface area (Å²) >= 11 is 0. The van der Waals surface area contributed by atoms with E-state index in [1.807, 2.05) is 6.92 Å². The van der Waals surface area contributed by atoms with Gasteiger partial charge in [0.05, 0.1) is 4.90 Å². The highest BCUT2D eigenvalue weighted by atomic mass is 32.2. The Morgan fingerprint density at radius 3 is 2.86 bits per heavy atom. The molecule has 1 unspecified atom stereocenters. The quantitative estimate of drug-likeness (QED) is 0.690. The first kappa shape index (κ1) is 9.48. The summed E-state index contributed by atoms with van der Waals surface area (Å²) in [5.74, 6) is 0. The molecule has 0 spiro atoms. The highest BCUT2D eigenvalue weighted by molar-refractivity contribution is 7.85. The number of benzene rings is 1. The SMILES string of the molecule is CC1Cc2cc(S(=O)(=O)O)ccc2N1. The third-order valence-corrected chi connectivity index (χ3v) is 3.15. The van der Waals surface area contributed by atoms with Crippen LogP contribution in [-0.4, -0.2) is 19.0 Å². The average Bonchev–Trinajstić information content (AvgIpc) is 2.41. The molecule has 0 aromatic heterocycles. The number of fused-ring (bicyclic) bond motifs is 1. The van der Waals surface area contributed by atoms with Crippen LogP contribution in [0.15, 0.2) is 23.1 Å². The number of hydrogen-bond acceptors (Lipinski definition) is 3. The summed E-state index contributed by atoms with van der Waals surface area (Å²) in [5.41, 5.74) is 1.89. The second-order valence-corrected chi connectivity index (χ2v) is 4.97. The number of anilines is 1. The Bertz CT molecular complexity index is 467. The molecule has 0 radical (unpaired) electrons. The predicted molar refractivity (Wildman–Crippen MR) is 53.0 cm³/mol. The van der Waals surface area contributed by atoms with E-state index in [4.69, 9.17) is 4.55 Å². The molecule has 0 saturated carbocycles. The zero-order valence-corrected chi connectivity index (χ0v) is 8.50. The van der Waals surface area contributed by atoms with Gasteiger partial charge in [0, 0.05) is 11.7 Å². The fourth-order valence-electron chi connectivity index (χ4n) is 1.69. The van der Waals surface area contributed by atoms with Crippen LogP contribution in [0.3, 0.4) is 0 Å². The second-order valence-electron chi connectivity index (χ2n) is 3.54. The van der Waals surface area contributed by atoms with Crippen molar-refractivity contribution in [3.8, 4) is 0 Å². The fourth-order valence-corrected chi connectivity index (χ4v) is 2.22. The first-order valence-corrected chi connectivity index (χ1v) is 5.78. The Morgan fingerprint density at radius 2 is 2.21 bits per heavy atom. The lowest BCUT2D eigenvalue weighted by Crippen LogP contribution is -2.08. The van der Waals surface area contributed by atoms with Crippen molar-refractivity contribution in [3.63, 3.8) is 0 Å². The van der Waals surface area contributed by atoms with E-state index in [-0.39, 0.29) is 4.90 Å². The molecule has 1 atom stereocenters. The van der Waals surface area contributed by atoms with Crippen LogP contribution in [0.1, 0.15) is 12.5 Å². The van der Waals surface area contributed by atoms with Gasteiger partial charge >= 0.3 is 0 Å². The number of nitrogens with one attached hydrogen (secondary N) is 1. The summed E-state index contributed by atoms with van der Waals surface area (Å²) in [6.45, 7) is 2.02. The standard InChI is InChI=1S/C9H11NO3S/c1-6-4-7-5-8(14(11,12)13)2-3-9(7)10-6/h2-3,5-6,10H,4H2,1H3,(H,11,12,13). The molecule has 0 saturated heterocycles. The molecule has 0 fully saturated rings. The molecule has 4 nitrogen and oxygen atoms in total. The van der Waals surface area contributed by atoms with Gasteiger partial charge in [-0.05, 0) is 37.1 Å². The highest BCUT2D eigenvalue weighted by Gasteiger charge is 2.19. The van der Waals surface area contributed by atoms with Crippen LogP contribution < -0.4 is 5.32 Å². The van der Waals surface area contributed by atoms with Gasteiger partial charge in [0.25, 0.3) is 10.1 Å². The summed E-state index contributed by atoms with van der Waals surface area (Å²) in [6.07, 6.45) is 0.790. The van der Waals surface area contributed by atoms with E-state index in [1.54, 1.807) is 6.07 Å². The number of rotatable bonds is 1. The molecule has 1 aliphatic rings. The lowest BCUT2D eigenvalue weighted by molar-refractivity contribution is 0.483. The van der Waals surface area contributed by atoms with Gasteiger partial charge < -0.3 is 5.32 Å². The summed E-state index contributed by atoms with van der Waals surface area (Å²) < 4.78 is 30.5. The Kier molecular flexibility index (Phi) is 2.01. The summed E-state index contributed by atoms with van der Waals surface area (Å²) in [4.78, 5) is -0.0350. The third kappa shape index (κ3) is 1.60. The third-order valence-electron chi connectivity index (χ3n) is 2.30. The minimum atomic E-state index is -4.07. The topological polar surface area (TPSA) is 66.4 Å².